The van der Waals surface area contributed by atoms with Crippen molar-refractivity contribution < 1.29 is 14.5 Å². The van der Waals surface area contributed by atoms with E-state index in [1.165, 1.54) is 17.8 Å². The van der Waals surface area contributed by atoms with Crippen molar-refractivity contribution in [3.8, 4) is 5.75 Å². The molecule has 0 saturated carbocycles. The van der Waals surface area contributed by atoms with Crippen molar-refractivity contribution in [1.29, 1.82) is 5.41 Å². The molecule has 1 amide bonds. The number of hydrogen-bond donors (Lipinski definition) is 1. The van der Waals surface area contributed by atoms with Gasteiger partial charge in [-0.3, -0.25) is 25.2 Å². The highest BCUT2D eigenvalue weighted by Crippen LogP contribution is 2.37. The Morgan fingerprint density at radius 1 is 1.03 bits per heavy atom. The highest BCUT2D eigenvalue weighted by molar-refractivity contribution is 8.17. The summed E-state index contributed by atoms with van der Waals surface area (Å²) in [5, 5.41) is 22.2. The normalized spacial score (nSPS) is 16.1. The number of carbonyl (C=O) groups excluding carboxylic acids is 1. The summed E-state index contributed by atoms with van der Waals surface area (Å²) in [6.45, 7) is 0.0550. The number of nitrogens with zero attached hydrogens (tertiary/aromatic N) is 3. The lowest BCUT2D eigenvalue weighted by molar-refractivity contribution is -0.385. The standard InChI is InChI=1S/C26H18N4O4S/c27-24-21(25(31)28-26-29(24)23(16-35-26)18-6-2-1-3-7-18)14-17-10-12-20(13-11-17)34-15-19-8-4-5-9-22(19)30(32)33/h1-14,16,27H,15H2. The molecule has 9 heteroatoms. The third kappa shape index (κ3) is 4.49. The molecule has 0 radical (unpaired) electrons. The molecule has 2 aliphatic rings. The maximum atomic E-state index is 12.7. The Hall–Kier alpha value is -4.50. The molecule has 172 valence electrons. The van der Waals surface area contributed by atoms with Crippen molar-refractivity contribution in [1.82, 2.24) is 4.90 Å². The number of nitro groups is 1. The van der Waals surface area contributed by atoms with Crippen LogP contribution in [0.2, 0.25) is 0 Å². The number of amidine groups is 2. The first kappa shape index (κ1) is 22.3. The summed E-state index contributed by atoms with van der Waals surface area (Å²) in [5.74, 6) is 0.130. The van der Waals surface area contributed by atoms with E-state index in [9.17, 15) is 14.9 Å². The summed E-state index contributed by atoms with van der Waals surface area (Å²) in [4.78, 5) is 29.3. The summed E-state index contributed by atoms with van der Waals surface area (Å²) in [6.07, 6.45) is 1.63. The minimum absolute atomic E-state index is 0.00657. The zero-order valence-electron chi connectivity index (χ0n) is 18.3. The van der Waals surface area contributed by atoms with Gasteiger partial charge >= 0.3 is 0 Å². The Morgan fingerprint density at radius 2 is 1.74 bits per heavy atom. The van der Waals surface area contributed by atoms with Crippen molar-refractivity contribution in [2.24, 2.45) is 4.99 Å². The molecule has 2 aliphatic heterocycles. The van der Waals surface area contributed by atoms with E-state index < -0.39 is 10.8 Å². The Morgan fingerprint density at radius 3 is 2.49 bits per heavy atom. The number of carbonyl (C=O) groups is 1. The quantitative estimate of drug-likeness (QED) is 0.283. The van der Waals surface area contributed by atoms with E-state index in [4.69, 9.17) is 10.1 Å². The largest absolute Gasteiger partial charge is 0.489 e. The number of benzene rings is 3. The minimum atomic E-state index is -0.465. The minimum Gasteiger partial charge on any atom is -0.489 e. The molecule has 0 fully saturated rings. The number of nitro benzene ring substituents is 1. The smallest absolute Gasteiger partial charge is 0.283 e. The van der Waals surface area contributed by atoms with Gasteiger partial charge in [-0.25, -0.2) is 0 Å². The fraction of sp³-hybridized carbons (Fsp3) is 0.0385. The molecular weight excluding hydrogens is 464 g/mol. The van der Waals surface area contributed by atoms with Crippen LogP contribution in [-0.4, -0.2) is 26.7 Å². The molecule has 3 aromatic carbocycles. The number of rotatable bonds is 6. The molecule has 35 heavy (non-hydrogen) atoms. The van der Waals surface area contributed by atoms with Gasteiger partial charge in [0.2, 0.25) is 0 Å². The number of thioether (sulfide) groups is 1. The van der Waals surface area contributed by atoms with Gasteiger partial charge < -0.3 is 4.74 Å². The highest BCUT2D eigenvalue weighted by Gasteiger charge is 2.36. The zero-order chi connectivity index (χ0) is 24.4. The molecule has 0 atom stereocenters. The van der Waals surface area contributed by atoms with Gasteiger partial charge in [-0.15, -0.1) is 0 Å². The van der Waals surface area contributed by atoms with E-state index in [1.54, 1.807) is 53.4 Å². The van der Waals surface area contributed by atoms with Gasteiger partial charge in [-0.05, 0) is 35.4 Å². The van der Waals surface area contributed by atoms with E-state index in [1.807, 2.05) is 35.7 Å². The van der Waals surface area contributed by atoms with Crippen LogP contribution in [0, 0.1) is 15.5 Å². The predicted molar refractivity (Wildman–Crippen MR) is 136 cm³/mol. The van der Waals surface area contributed by atoms with Crippen LogP contribution in [0.3, 0.4) is 0 Å². The van der Waals surface area contributed by atoms with Gasteiger partial charge in [-0.1, -0.05) is 66.4 Å². The number of ether oxygens (including phenoxy) is 1. The molecule has 2 heterocycles. The summed E-state index contributed by atoms with van der Waals surface area (Å²) < 4.78 is 5.72. The maximum absolute atomic E-state index is 12.7. The molecule has 0 bridgehead atoms. The average Bonchev–Trinajstić information content (AvgIpc) is 3.30. The molecule has 3 aromatic rings. The second-order valence-corrected chi connectivity index (χ2v) is 8.51. The summed E-state index contributed by atoms with van der Waals surface area (Å²) in [6, 6.07) is 23.0. The monoisotopic (exact) mass is 482 g/mol. The van der Waals surface area contributed by atoms with Crippen LogP contribution in [0.25, 0.3) is 11.8 Å². The van der Waals surface area contributed by atoms with Crippen molar-refractivity contribution in [2.75, 3.05) is 0 Å². The molecule has 0 unspecified atom stereocenters. The molecule has 5 rings (SSSR count). The predicted octanol–water partition coefficient (Wildman–Crippen LogP) is 5.48. The molecule has 0 saturated heterocycles. The SMILES string of the molecule is N=C1C(=Cc2ccc(OCc3ccccc3[N+](=O)[O-])cc2)C(=O)N=C2SC=C(c3ccccc3)N12. The van der Waals surface area contributed by atoms with Gasteiger partial charge in [0.1, 0.15) is 18.2 Å². The van der Waals surface area contributed by atoms with E-state index in [0.717, 1.165) is 11.3 Å². The van der Waals surface area contributed by atoms with E-state index in [0.29, 0.717) is 22.0 Å². The lowest BCUT2D eigenvalue weighted by Gasteiger charge is -2.26. The van der Waals surface area contributed by atoms with Crippen LogP contribution in [-0.2, 0) is 11.4 Å². The molecule has 8 nitrogen and oxygen atoms in total. The van der Waals surface area contributed by atoms with E-state index in [-0.39, 0.29) is 23.7 Å². The van der Waals surface area contributed by atoms with Crippen molar-refractivity contribution in [2.45, 2.75) is 6.61 Å². The van der Waals surface area contributed by atoms with Crippen LogP contribution in [0.15, 0.2) is 94.8 Å². The van der Waals surface area contributed by atoms with Crippen LogP contribution in [0.5, 0.6) is 5.75 Å². The van der Waals surface area contributed by atoms with Gasteiger partial charge in [-0.2, -0.15) is 4.99 Å². The third-order valence-corrected chi connectivity index (χ3v) is 6.28. The first-order valence-corrected chi connectivity index (χ1v) is 11.5. The van der Waals surface area contributed by atoms with E-state index in [2.05, 4.69) is 4.99 Å². The topological polar surface area (TPSA) is 109 Å². The maximum Gasteiger partial charge on any atom is 0.283 e. The van der Waals surface area contributed by atoms with Crippen molar-refractivity contribution >= 4 is 46.1 Å². The molecule has 1 N–H and O–H groups in total. The Bertz CT molecular complexity index is 1430. The van der Waals surface area contributed by atoms with Crippen molar-refractivity contribution in [3.05, 3.63) is 117 Å². The molecule has 0 spiro atoms. The Labute approximate surface area is 204 Å². The van der Waals surface area contributed by atoms with Gasteiger partial charge in [0.05, 0.1) is 21.8 Å². The van der Waals surface area contributed by atoms with Crippen LogP contribution < -0.4 is 4.74 Å². The molecule has 0 aliphatic carbocycles. The molecule has 0 aromatic heterocycles. The number of amides is 1. The zero-order valence-corrected chi connectivity index (χ0v) is 19.1. The fourth-order valence-corrected chi connectivity index (χ4v) is 4.60. The number of hydrogen-bond acceptors (Lipinski definition) is 6. The number of para-hydroxylation sites is 1. The van der Waals surface area contributed by atoms with Gasteiger partial charge in [0, 0.05) is 11.5 Å². The third-order valence-electron chi connectivity index (χ3n) is 5.46. The Balaban J connectivity index is 1.34. The van der Waals surface area contributed by atoms with Gasteiger partial charge in [0.15, 0.2) is 5.17 Å². The van der Waals surface area contributed by atoms with E-state index >= 15 is 0 Å². The summed E-state index contributed by atoms with van der Waals surface area (Å²) >= 11 is 1.32. The first-order chi connectivity index (χ1) is 17.0. The average molecular weight is 483 g/mol. The number of aliphatic imine (C=N–C) groups is 1. The van der Waals surface area contributed by atoms with Crippen molar-refractivity contribution in [3.63, 3.8) is 0 Å². The van der Waals surface area contributed by atoms with Crippen LogP contribution in [0.4, 0.5) is 5.69 Å². The highest BCUT2D eigenvalue weighted by atomic mass is 32.2. The van der Waals surface area contributed by atoms with Crippen LogP contribution in [0.1, 0.15) is 16.7 Å². The fourth-order valence-electron chi connectivity index (χ4n) is 3.71. The second-order valence-electron chi connectivity index (χ2n) is 7.67. The lowest BCUT2D eigenvalue weighted by atomic mass is 10.1. The molecular formula is C26H18N4O4S. The lowest BCUT2D eigenvalue weighted by Crippen LogP contribution is -2.37. The number of nitrogens with one attached hydrogen (secondary N) is 1. The van der Waals surface area contributed by atoms with Crippen LogP contribution >= 0.6 is 11.8 Å². The Kier molecular flexibility index (Phi) is 5.99. The first-order valence-electron chi connectivity index (χ1n) is 10.6. The number of fused-ring (bicyclic) bond motifs is 1. The second kappa shape index (κ2) is 9.40. The summed E-state index contributed by atoms with van der Waals surface area (Å²) in [7, 11) is 0. The van der Waals surface area contributed by atoms with Gasteiger partial charge in [0.25, 0.3) is 11.6 Å². The summed E-state index contributed by atoms with van der Waals surface area (Å²) in [5.41, 5.74) is 3.11.